The Hall–Kier alpha value is -1.38. The molecule has 0 aliphatic heterocycles. The Labute approximate surface area is 103 Å². The summed E-state index contributed by atoms with van der Waals surface area (Å²) in [4.78, 5) is 0. The molecule has 0 fully saturated rings. The fourth-order valence-corrected chi connectivity index (χ4v) is 1.73. The number of hydrogen-bond acceptors (Lipinski definition) is 2. The Morgan fingerprint density at radius 2 is 1.06 bits per heavy atom. The molecule has 0 aliphatic rings. The summed E-state index contributed by atoms with van der Waals surface area (Å²) < 4.78 is 0. The van der Waals surface area contributed by atoms with Gasteiger partial charge in [-0.25, -0.2) is 0 Å². The van der Waals surface area contributed by atoms with Crippen molar-refractivity contribution in [3.63, 3.8) is 0 Å². The third-order valence-electron chi connectivity index (χ3n) is 2.23. The van der Waals surface area contributed by atoms with Crippen LogP contribution in [-0.4, -0.2) is 10.2 Å². The maximum Gasteiger partial charge on any atom is 0.134 e. The summed E-state index contributed by atoms with van der Waals surface area (Å²) in [7, 11) is 0. The third-order valence-corrected chi connectivity index (χ3v) is 2.83. The van der Waals surface area contributed by atoms with Gasteiger partial charge in [0.05, 0.1) is 10.0 Å². The number of benzene rings is 2. The molecule has 2 nitrogen and oxygen atoms in total. The lowest BCUT2D eigenvalue weighted by atomic mass is 10.1. The Bertz CT molecular complexity index is 489. The largest absolute Gasteiger partial charge is 0.506 e. The molecular weight excluding hydrogens is 247 g/mol. The summed E-state index contributed by atoms with van der Waals surface area (Å²) in [6.07, 6.45) is 0. The second-order valence-electron chi connectivity index (χ2n) is 3.33. The molecule has 0 amide bonds. The van der Waals surface area contributed by atoms with Gasteiger partial charge in [-0.1, -0.05) is 35.3 Å². The molecular formula is C12H8Cl2O2. The average molecular weight is 255 g/mol. The van der Waals surface area contributed by atoms with Crippen molar-refractivity contribution >= 4 is 23.2 Å². The van der Waals surface area contributed by atoms with E-state index in [1.54, 1.807) is 24.3 Å². The summed E-state index contributed by atoms with van der Waals surface area (Å²) in [5.74, 6) is 0.0746. The minimum Gasteiger partial charge on any atom is -0.506 e. The van der Waals surface area contributed by atoms with Gasteiger partial charge in [-0.05, 0) is 35.4 Å². The predicted octanol–water partition coefficient (Wildman–Crippen LogP) is 4.07. The van der Waals surface area contributed by atoms with E-state index in [1.807, 2.05) is 0 Å². The summed E-state index contributed by atoms with van der Waals surface area (Å²) in [5.41, 5.74) is 1.65. The molecule has 4 heteroatoms. The van der Waals surface area contributed by atoms with Crippen LogP contribution in [0.15, 0.2) is 36.4 Å². The van der Waals surface area contributed by atoms with Crippen LogP contribution in [0.3, 0.4) is 0 Å². The molecule has 0 atom stereocenters. The fourth-order valence-electron chi connectivity index (χ4n) is 1.37. The Balaban J connectivity index is 2.50. The van der Waals surface area contributed by atoms with Gasteiger partial charge in [-0.3, -0.25) is 0 Å². The van der Waals surface area contributed by atoms with Crippen molar-refractivity contribution in [2.45, 2.75) is 0 Å². The highest BCUT2D eigenvalue weighted by Gasteiger charge is 2.05. The third kappa shape index (κ3) is 2.08. The van der Waals surface area contributed by atoms with Crippen LogP contribution in [0.4, 0.5) is 0 Å². The highest BCUT2D eigenvalue weighted by molar-refractivity contribution is 6.33. The first-order chi connectivity index (χ1) is 7.58. The molecule has 0 aliphatic carbocycles. The van der Waals surface area contributed by atoms with Crippen molar-refractivity contribution in [2.75, 3.05) is 0 Å². The maximum atomic E-state index is 9.29. The van der Waals surface area contributed by atoms with Gasteiger partial charge in [0.25, 0.3) is 0 Å². The normalized spacial score (nSPS) is 10.4. The van der Waals surface area contributed by atoms with Gasteiger partial charge in [0.1, 0.15) is 11.5 Å². The Morgan fingerprint density at radius 1 is 0.688 bits per heavy atom. The van der Waals surface area contributed by atoms with Crippen LogP contribution in [0.1, 0.15) is 0 Å². The van der Waals surface area contributed by atoms with Gasteiger partial charge in [-0.2, -0.15) is 0 Å². The van der Waals surface area contributed by atoms with Gasteiger partial charge in [-0.15, -0.1) is 0 Å². The molecule has 82 valence electrons. The molecule has 16 heavy (non-hydrogen) atoms. The van der Waals surface area contributed by atoms with Crippen LogP contribution < -0.4 is 0 Å². The zero-order valence-electron chi connectivity index (χ0n) is 8.11. The van der Waals surface area contributed by atoms with Crippen molar-refractivity contribution in [1.29, 1.82) is 0 Å². The van der Waals surface area contributed by atoms with Gasteiger partial charge in [0.2, 0.25) is 0 Å². The van der Waals surface area contributed by atoms with E-state index in [0.717, 1.165) is 11.1 Å². The number of aromatic hydroxyl groups is 2. The molecule has 2 rings (SSSR count). The highest BCUT2D eigenvalue weighted by atomic mass is 35.5. The molecule has 0 unspecified atom stereocenters. The van der Waals surface area contributed by atoms with E-state index in [4.69, 9.17) is 23.2 Å². The molecule has 0 heterocycles. The van der Waals surface area contributed by atoms with Crippen molar-refractivity contribution in [1.82, 2.24) is 0 Å². The predicted molar refractivity (Wildman–Crippen MR) is 65.2 cm³/mol. The molecule has 2 aromatic carbocycles. The first kappa shape index (κ1) is 11.1. The zero-order valence-corrected chi connectivity index (χ0v) is 9.63. The van der Waals surface area contributed by atoms with Gasteiger partial charge in [0, 0.05) is 0 Å². The van der Waals surface area contributed by atoms with E-state index < -0.39 is 0 Å². The van der Waals surface area contributed by atoms with Gasteiger partial charge in [0.15, 0.2) is 0 Å². The van der Waals surface area contributed by atoms with Gasteiger partial charge >= 0.3 is 0 Å². The molecule has 0 aromatic heterocycles. The van der Waals surface area contributed by atoms with Crippen LogP contribution in [0.25, 0.3) is 11.1 Å². The molecule has 2 N–H and O–H groups in total. The van der Waals surface area contributed by atoms with Crippen molar-refractivity contribution in [2.24, 2.45) is 0 Å². The smallest absolute Gasteiger partial charge is 0.134 e. The van der Waals surface area contributed by atoms with E-state index in [-0.39, 0.29) is 21.5 Å². The topological polar surface area (TPSA) is 40.5 Å². The maximum absolute atomic E-state index is 9.29. The first-order valence-electron chi connectivity index (χ1n) is 4.55. The summed E-state index contributed by atoms with van der Waals surface area (Å²) >= 11 is 11.6. The highest BCUT2D eigenvalue weighted by Crippen LogP contribution is 2.33. The minimum absolute atomic E-state index is 0.0373. The fraction of sp³-hybridized carbons (Fsp3) is 0. The second kappa shape index (κ2) is 4.24. The van der Waals surface area contributed by atoms with Crippen LogP contribution in [0.5, 0.6) is 11.5 Å². The SMILES string of the molecule is Oc1ccc(-c2ccc(O)c(Cl)c2)cc1Cl. The van der Waals surface area contributed by atoms with Crippen LogP contribution in [0, 0.1) is 0 Å². The monoisotopic (exact) mass is 254 g/mol. The number of rotatable bonds is 1. The van der Waals surface area contributed by atoms with Gasteiger partial charge < -0.3 is 10.2 Å². The van der Waals surface area contributed by atoms with Crippen LogP contribution in [-0.2, 0) is 0 Å². The summed E-state index contributed by atoms with van der Waals surface area (Å²) in [6, 6.07) is 9.75. The van der Waals surface area contributed by atoms with E-state index >= 15 is 0 Å². The zero-order chi connectivity index (χ0) is 11.7. The van der Waals surface area contributed by atoms with E-state index in [2.05, 4.69) is 0 Å². The molecule has 0 radical (unpaired) electrons. The summed E-state index contributed by atoms with van der Waals surface area (Å²) in [6.45, 7) is 0. The molecule has 2 aromatic rings. The molecule has 0 bridgehead atoms. The molecule has 0 saturated heterocycles. The van der Waals surface area contributed by atoms with Crippen molar-refractivity contribution < 1.29 is 10.2 Å². The van der Waals surface area contributed by atoms with Crippen molar-refractivity contribution in [3.8, 4) is 22.6 Å². The van der Waals surface area contributed by atoms with E-state index in [0.29, 0.717) is 0 Å². The minimum atomic E-state index is 0.0373. The van der Waals surface area contributed by atoms with E-state index in [1.165, 1.54) is 12.1 Å². The Morgan fingerprint density at radius 3 is 1.38 bits per heavy atom. The molecule has 0 spiro atoms. The van der Waals surface area contributed by atoms with E-state index in [9.17, 15) is 10.2 Å². The number of halogens is 2. The number of phenols is 2. The molecule has 0 saturated carbocycles. The van der Waals surface area contributed by atoms with Crippen molar-refractivity contribution in [3.05, 3.63) is 46.4 Å². The lowest BCUT2D eigenvalue weighted by Crippen LogP contribution is -1.79. The quantitative estimate of drug-likeness (QED) is 0.806. The lowest BCUT2D eigenvalue weighted by molar-refractivity contribution is 0.475. The standard InChI is InChI=1S/C12H8Cl2O2/c13-9-5-7(1-3-11(9)15)8-2-4-12(16)10(14)6-8/h1-6,15-16H. The first-order valence-corrected chi connectivity index (χ1v) is 5.31. The van der Waals surface area contributed by atoms with Crippen LogP contribution in [0.2, 0.25) is 10.0 Å². The summed E-state index contributed by atoms with van der Waals surface area (Å²) in [5, 5.41) is 19.1. The Kier molecular flexibility index (Phi) is 2.95. The average Bonchev–Trinajstić information content (AvgIpc) is 2.26. The number of phenolic OH excluding ortho intramolecular Hbond substituents is 2. The lowest BCUT2D eigenvalue weighted by Gasteiger charge is -2.05. The second-order valence-corrected chi connectivity index (χ2v) is 4.15. The van der Waals surface area contributed by atoms with Crippen LogP contribution >= 0.6 is 23.2 Å². The number of hydrogen-bond donors (Lipinski definition) is 2.